The van der Waals surface area contributed by atoms with E-state index >= 15 is 17.6 Å². The summed E-state index contributed by atoms with van der Waals surface area (Å²) in [5.41, 5.74) is -2.08. The van der Waals surface area contributed by atoms with Crippen LogP contribution < -0.4 is 9.47 Å². The normalized spacial score (nSPS) is 25.8. The highest BCUT2D eigenvalue weighted by Gasteiger charge is 2.83. The number of fused-ring (bicyclic) bond motifs is 4. The highest BCUT2D eigenvalue weighted by Crippen LogP contribution is 2.72. The Bertz CT molecular complexity index is 1680. The van der Waals surface area contributed by atoms with Crippen molar-refractivity contribution in [3.63, 3.8) is 0 Å². The third-order valence-electron chi connectivity index (χ3n) is 8.11. The van der Waals surface area contributed by atoms with Crippen LogP contribution in [0.2, 0.25) is 0 Å². The third-order valence-corrected chi connectivity index (χ3v) is 11.3. The van der Waals surface area contributed by atoms with Gasteiger partial charge in [-0.3, -0.25) is 0 Å². The van der Waals surface area contributed by atoms with Crippen LogP contribution in [0.25, 0.3) is 9.81 Å². The van der Waals surface area contributed by atoms with Gasteiger partial charge in [0.1, 0.15) is 5.75 Å². The summed E-state index contributed by atoms with van der Waals surface area (Å²) < 4.78 is 102. The van der Waals surface area contributed by atoms with Crippen molar-refractivity contribution in [2.75, 3.05) is 13.2 Å². The lowest BCUT2D eigenvalue weighted by Crippen LogP contribution is -2.47. The molecule has 4 aliphatic rings. The molecule has 3 atom stereocenters. The lowest BCUT2D eigenvalue weighted by molar-refractivity contribution is -0.258. The van der Waals surface area contributed by atoms with Gasteiger partial charge in [-0.25, -0.2) is 0 Å². The van der Waals surface area contributed by atoms with E-state index in [0.717, 1.165) is 11.8 Å². The monoisotopic (exact) mass is 660 g/mol. The van der Waals surface area contributed by atoms with E-state index in [4.69, 9.17) is 20.3 Å². The van der Waals surface area contributed by atoms with E-state index in [2.05, 4.69) is 12.1 Å². The van der Waals surface area contributed by atoms with Crippen molar-refractivity contribution in [2.24, 2.45) is 5.92 Å². The molecule has 0 bridgehead atoms. The van der Waals surface area contributed by atoms with Gasteiger partial charge in [-0.05, 0) is 72.3 Å². The number of allylic oxidation sites excluding steroid dienone is 4. The Morgan fingerprint density at radius 1 is 0.911 bits per heavy atom. The number of hydrogen-bond donors (Lipinski definition) is 2. The number of hydrogen-bond acceptors (Lipinski definition) is 6. The van der Waals surface area contributed by atoms with Gasteiger partial charge in [0.05, 0.1) is 23.2 Å². The second kappa shape index (κ2) is 11.1. The van der Waals surface area contributed by atoms with E-state index in [9.17, 15) is 8.78 Å². The van der Waals surface area contributed by atoms with E-state index in [1.54, 1.807) is 43.3 Å². The zero-order valence-electron chi connectivity index (χ0n) is 24.0. The van der Waals surface area contributed by atoms with Gasteiger partial charge in [0.15, 0.2) is 5.75 Å². The number of nitrogens with one attached hydrogen (secondary N) is 2. The molecule has 0 aromatic heterocycles. The summed E-state index contributed by atoms with van der Waals surface area (Å²) in [6.45, 7) is 3.98. The van der Waals surface area contributed by atoms with E-state index in [1.165, 1.54) is 36.3 Å². The van der Waals surface area contributed by atoms with Crippen LogP contribution in [0.3, 0.4) is 0 Å². The van der Waals surface area contributed by atoms with E-state index < -0.39 is 38.9 Å². The highest BCUT2D eigenvalue weighted by atomic mass is 32.2. The molecular weight excluding hydrogens is 634 g/mol. The smallest absolute Gasteiger partial charge is 0.380 e. The molecule has 0 amide bonds. The van der Waals surface area contributed by atoms with Crippen molar-refractivity contribution in [3.05, 3.63) is 94.1 Å². The number of halogens is 6. The maximum Gasteiger partial charge on any atom is 0.380 e. The number of alkyl halides is 6. The van der Waals surface area contributed by atoms with Crippen molar-refractivity contribution in [1.82, 2.24) is 0 Å². The molecule has 3 unspecified atom stereocenters. The first kappa shape index (κ1) is 31.4. The minimum Gasteiger partial charge on any atom is -0.493 e. The topological polar surface area (TPSA) is 66.2 Å². The molecule has 2 aliphatic heterocycles. The van der Waals surface area contributed by atoms with Crippen molar-refractivity contribution in [2.45, 2.75) is 48.0 Å². The fourth-order valence-electron chi connectivity index (χ4n) is 5.71. The Kier molecular flexibility index (Phi) is 7.72. The van der Waals surface area contributed by atoms with Crippen LogP contribution in [0.5, 0.6) is 11.5 Å². The van der Waals surface area contributed by atoms with Crippen molar-refractivity contribution in [3.8, 4) is 11.5 Å². The van der Waals surface area contributed by atoms with Gasteiger partial charge in [-0.15, -0.1) is 23.5 Å². The number of ether oxygens (including phenoxy) is 2. The fourth-order valence-corrected chi connectivity index (χ4v) is 8.76. The maximum atomic E-state index is 15.5. The molecule has 0 radical (unpaired) electrons. The standard InChI is InChI=1S/C33H26F6N2O2S2/c1-18(16-41)17-43-22-10-4-19(5-11-22)25-14-23-27-28(32(36,37)33(38,39)31(27,34)35)24-15-26(45-30(24,2)29(23)44-25)20-6-8-21(9-7-20)42-13-3-12-40/h4-6,8,10-12,14-16,18,29,40-41H,3,13,17H2,1-2H3. The molecule has 234 valence electrons. The number of benzene rings is 1. The first-order chi connectivity index (χ1) is 21.3. The number of rotatable bonds is 10. The Balaban J connectivity index is 1.40. The van der Waals surface area contributed by atoms with Gasteiger partial charge in [0, 0.05) is 45.1 Å². The summed E-state index contributed by atoms with van der Waals surface area (Å²) in [6, 6.07) is 15.7. The second-order valence-corrected chi connectivity index (χ2v) is 13.9. The molecule has 1 saturated carbocycles. The molecule has 12 heteroatoms. The first-order valence-corrected chi connectivity index (χ1v) is 15.7. The zero-order valence-corrected chi connectivity index (χ0v) is 25.6. The second-order valence-electron chi connectivity index (χ2n) is 11.2. The van der Waals surface area contributed by atoms with Gasteiger partial charge in [-0.1, -0.05) is 25.1 Å². The van der Waals surface area contributed by atoms with Gasteiger partial charge in [0.2, 0.25) is 0 Å². The average molecular weight is 661 g/mol. The summed E-state index contributed by atoms with van der Waals surface area (Å²) in [4.78, 5) is 0.894. The lowest BCUT2D eigenvalue weighted by Gasteiger charge is -2.39. The molecule has 4 nitrogen and oxygen atoms in total. The number of thioether (sulfide) groups is 2. The minimum absolute atomic E-state index is 0.0997. The summed E-state index contributed by atoms with van der Waals surface area (Å²) in [5.74, 6) is -15.1. The SMILES string of the molecule is CC(C=N)COc1ccc(C2=CC3=C4C(=C5C=C(c6c#cc(OCCC=N)cc6)SC5(C)C3S2)C(F)(F)C(F)(F)C4(F)F)cc1. The molecule has 2 aromatic carbocycles. The predicted molar refractivity (Wildman–Crippen MR) is 165 cm³/mol. The van der Waals surface area contributed by atoms with Crippen LogP contribution in [0.4, 0.5) is 26.3 Å². The Morgan fingerprint density at radius 2 is 1.62 bits per heavy atom. The molecule has 2 heterocycles. The van der Waals surface area contributed by atoms with Crippen LogP contribution in [-0.4, -0.2) is 53.4 Å². The maximum absolute atomic E-state index is 15.5. The largest absolute Gasteiger partial charge is 0.493 e. The molecule has 2 aliphatic carbocycles. The van der Waals surface area contributed by atoms with Crippen LogP contribution >= 0.6 is 23.5 Å². The molecule has 45 heavy (non-hydrogen) atoms. The Hall–Kier alpha value is -3.56. The summed E-state index contributed by atoms with van der Waals surface area (Å²) >= 11 is 2.32. The molecule has 0 saturated heterocycles. The lowest BCUT2D eigenvalue weighted by atomic mass is 9.78. The quantitative estimate of drug-likeness (QED) is 0.152. The van der Waals surface area contributed by atoms with Gasteiger partial charge < -0.3 is 20.3 Å². The molecule has 2 N–H and O–H groups in total. The van der Waals surface area contributed by atoms with Crippen LogP contribution in [0.1, 0.15) is 31.4 Å². The summed E-state index contributed by atoms with van der Waals surface area (Å²) in [5, 5.41) is 13.5. The predicted octanol–water partition coefficient (Wildman–Crippen LogP) is 8.90. The highest BCUT2D eigenvalue weighted by molar-refractivity contribution is 8.13. The van der Waals surface area contributed by atoms with Crippen molar-refractivity contribution >= 4 is 45.8 Å². The molecule has 2 aromatic rings. The summed E-state index contributed by atoms with van der Waals surface area (Å²) in [7, 11) is 0. The van der Waals surface area contributed by atoms with Crippen LogP contribution in [-0.2, 0) is 0 Å². The Morgan fingerprint density at radius 3 is 2.27 bits per heavy atom. The zero-order chi connectivity index (χ0) is 32.4. The molecule has 6 rings (SSSR count). The third kappa shape index (κ3) is 4.81. The van der Waals surface area contributed by atoms with Crippen LogP contribution in [0, 0.1) is 28.9 Å². The Labute approximate surface area is 264 Å². The van der Waals surface area contributed by atoms with Gasteiger partial charge in [-0.2, -0.15) is 26.3 Å². The van der Waals surface area contributed by atoms with E-state index in [-0.39, 0.29) is 30.3 Å². The summed E-state index contributed by atoms with van der Waals surface area (Å²) in [6.07, 6.45) is 5.49. The van der Waals surface area contributed by atoms with Gasteiger partial charge in [0.25, 0.3) is 0 Å². The average Bonchev–Trinajstić information content (AvgIpc) is 3.64. The van der Waals surface area contributed by atoms with E-state index in [1.807, 2.05) is 6.92 Å². The van der Waals surface area contributed by atoms with Crippen LogP contribution in [0.15, 0.2) is 70.8 Å². The fraction of sp³-hybridized carbons (Fsp3) is 0.333. The van der Waals surface area contributed by atoms with Crippen molar-refractivity contribution < 1.29 is 35.8 Å². The first-order valence-electron chi connectivity index (χ1n) is 14.0. The molecule has 1 fully saturated rings. The van der Waals surface area contributed by atoms with Crippen molar-refractivity contribution in [1.29, 1.82) is 10.8 Å². The molecular formula is C33H26F6N2O2S2. The minimum atomic E-state index is -5.62. The van der Waals surface area contributed by atoms with E-state index in [0.29, 0.717) is 38.9 Å². The molecule has 0 spiro atoms. The van der Waals surface area contributed by atoms with Gasteiger partial charge >= 0.3 is 17.8 Å².